The van der Waals surface area contributed by atoms with Crippen molar-refractivity contribution in [2.45, 2.75) is 6.92 Å². The maximum Gasteiger partial charge on any atom is 0.332 e. The number of hydrogen-bond donors (Lipinski definition) is 2. The summed E-state index contributed by atoms with van der Waals surface area (Å²) in [5, 5.41) is 3.82. The minimum absolute atomic E-state index is 0.231. The van der Waals surface area contributed by atoms with Crippen LogP contribution in [0, 0.1) is 0 Å². The van der Waals surface area contributed by atoms with Gasteiger partial charge in [-0.05, 0) is 25.1 Å². The molecule has 1 heterocycles. The predicted octanol–water partition coefficient (Wildman–Crippen LogP) is 0.808. The fourth-order valence-electron chi connectivity index (χ4n) is 1.33. The van der Waals surface area contributed by atoms with Crippen LogP contribution in [-0.2, 0) is 0 Å². The van der Waals surface area contributed by atoms with Crippen LogP contribution in [0.2, 0.25) is 0 Å². The van der Waals surface area contributed by atoms with Crippen molar-refractivity contribution < 1.29 is 14.3 Å². The SMILES string of the molecule is CC(=NNC(N)=O)c1ccc2c(c1)OCO2. The van der Waals surface area contributed by atoms with E-state index in [0.717, 1.165) is 5.56 Å². The molecule has 84 valence electrons. The first-order valence-corrected chi connectivity index (χ1v) is 4.66. The summed E-state index contributed by atoms with van der Waals surface area (Å²) < 4.78 is 10.4. The van der Waals surface area contributed by atoms with Crippen LogP contribution in [0.5, 0.6) is 11.5 Å². The third-order valence-corrected chi connectivity index (χ3v) is 2.12. The van der Waals surface area contributed by atoms with E-state index in [2.05, 4.69) is 10.5 Å². The number of hydrazone groups is 1. The van der Waals surface area contributed by atoms with Gasteiger partial charge in [-0.25, -0.2) is 10.2 Å². The lowest BCUT2D eigenvalue weighted by molar-refractivity contribution is 0.174. The molecule has 0 saturated carbocycles. The van der Waals surface area contributed by atoms with Gasteiger partial charge in [0.25, 0.3) is 0 Å². The molecule has 1 aromatic rings. The summed E-state index contributed by atoms with van der Waals surface area (Å²) in [7, 11) is 0. The molecule has 0 unspecified atom stereocenters. The zero-order chi connectivity index (χ0) is 11.5. The summed E-state index contributed by atoms with van der Waals surface area (Å²) in [6.07, 6.45) is 0. The Bertz CT molecular complexity index is 457. The number of nitrogens with one attached hydrogen (secondary N) is 1. The van der Waals surface area contributed by atoms with Crippen LogP contribution < -0.4 is 20.6 Å². The molecule has 6 nitrogen and oxygen atoms in total. The van der Waals surface area contributed by atoms with Gasteiger partial charge in [-0.2, -0.15) is 5.10 Å². The van der Waals surface area contributed by atoms with Gasteiger partial charge in [0.2, 0.25) is 6.79 Å². The van der Waals surface area contributed by atoms with Crippen LogP contribution in [0.25, 0.3) is 0 Å². The van der Waals surface area contributed by atoms with Crippen LogP contribution in [0.4, 0.5) is 4.79 Å². The summed E-state index contributed by atoms with van der Waals surface area (Å²) in [5.41, 5.74) is 8.54. The highest BCUT2D eigenvalue weighted by Gasteiger charge is 2.13. The van der Waals surface area contributed by atoms with Gasteiger partial charge in [0, 0.05) is 5.56 Å². The number of nitrogens with zero attached hydrogens (tertiary/aromatic N) is 1. The first kappa shape index (κ1) is 10.3. The number of primary amides is 1. The second-order valence-electron chi connectivity index (χ2n) is 3.24. The summed E-state index contributed by atoms with van der Waals surface area (Å²) >= 11 is 0. The average Bonchev–Trinajstić information content (AvgIpc) is 2.72. The number of nitrogens with two attached hydrogens (primary N) is 1. The molecule has 2 rings (SSSR count). The third kappa shape index (κ3) is 2.05. The van der Waals surface area contributed by atoms with E-state index in [1.54, 1.807) is 19.1 Å². The van der Waals surface area contributed by atoms with Crippen LogP contribution in [-0.4, -0.2) is 18.5 Å². The van der Waals surface area contributed by atoms with Gasteiger partial charge < -0.3 is 15.2 Å². The highest BCUT2D eigenvalue weighted by Crippen LogP contribution is 2.32. The molecule has 0 saturated heterocycles. The first-order valence-electron chi connectivity index (χ1n) is 4.66. The van der Waals surface area contributed by atoms with Crippen molar-refractivity contribution in [3.05, 3.63) is 23.8 Å². The fraction of sp³-hybridized carbons (Fsp3) is 0.200. The number of amides is 2. The highest BCUT2D eigenvalue weighted by atomic mass is 16.7. The van der Waals surface area contributed by atoms with Gasteiger partial charge in [-0.15, -0.1) is 0 Å². The molecule has 0 spiro atoms. The molecule has 0 radical (unpaired) electrons. The van der Waals surface area contributed by atoms with Crippen molar-refractivity contribution in [3.8, 4) is 11.5 Å². The van der Waals surface area contributed by atoms with E-state index in [-0.39, 0.29) is 6.79 Å². The maximum atomic E-state index is 10.5. The molecule has 1 aliphatic rings. The Morgan fingerprint density at radius 3 is 2.94 bits per heavy atom. The second kappa shape index (κ2) is 4.09. The van der Waals surface area contributed by atoms with Crippen molar-refractivity contribution in [1.29, 1.82) is 0 Å². The van der Waals surface area contributed by atoms with E-state index in [0.29, 0.717) is 17.2 Å². The molecule has 0 bridgehead atoms. The number of carbonyl (C=O) groups excluding carboxylic acids is 1. The molecule has 2 amide bonds. The quantitative estimate of drug-likeness (QED) is 0.572. The highest BCUT2D eigenvalue weighted by molar-refractivity contribution is 5.99. The van der Waals surface area contributed by atoms with Crippen LogP contribution in [0.15, 0.2) is 23.3 Å². The fourth-order valence-corrected chi connectivity index (χ4v) is 1.33. The number of rotatable bonds is 2. The molecule has 1 aliphatic heterocycles. The summed E-state index contributed by atoms with van der Waals surface area (Å²) in [6.45, 7) is 1.99. The smallest absolute Gasteiger partial charge is 0.332 e. The van der Waals surface area contributed by atoms with Crippen LogP contribution >= 0.6 is 0 Å². The van der Waals surface area contributed by atoms with Gasteiger partial charge in [0.1, 0.15) is 0 Å². The topological polar surface area (TPSA) is 85.9 Å². The summed E-state index contributed by atoms with van der Waals surface area (Å²) in [5.74, 6) is 1.38. The molecule has 0 aromatic heterocycles. The normalized spacial score (nSPS) is 13.7. The second-order valence-corrected chi connectivity index (χ2v) is 3.24. The molecule has 0 atom stereocenters. The number of ether oxygens (including phenoxy) is 2. The average molecular weight is 221 g/mol. The van der Waals surface area contributed by atoms with E-state index < -0.39 is 6.03 Å². The number of carbonyl (C=O) groups is 1. The lowest BCUT2D eigenvalue weighted by atomic mass is 10.1. The van der Waals surface area contributed by atoms with Gasteiger partial charge in [-0.3, -0.25) is 0 Å². The standard InChI is InChI=1S/C10H11N3O3/c1-6(12-13-10(11)14)7-2-3-8-9(4-7)16-5-15-8/h2-4H,5H2,1H3,(H3,11,13,14). The van der Waals surface area contributed by atoms with Crippen LogP contribution in [0.1, 0.15) is 12.5 Å². The van der Waals surface area contributed by atoms with Crippen LogP contribution in [0.3, 0.4) is 0 Å². The van der Waals surface area contributed by atoms with E-state index in [1.807, 2.05) is 6.07 Å². The Kier molecular flexibility index (Phi) is 2.63. The number of fused-ring (bicyclic) bond motifs is 1. The molecule has 0 aliphatic carbocycles. The zero-order valence-corrected chi connectivity index (χ0v) is 8.69. The van der Waals surface area contributed by atoms with Crippen molar-refractivity contribution in [2.24, 2.45) is 10.8 Å². The number of urea groups is 1. The Labute approximate surface area is 92.0 Å². The summed E-state index contributed by atoms with van der Waals surface area (Å²) in [4.78, 5) is 10.5. The van der Waals surface area contributed by atoms with Gasteiger partial charge in [-0.1, -0.05) is 0 Å². The van der Waals surface area contributed by atoms with Crippen molar-refractivity contribution in [1.82, 2.24) is 5.43 Å². The van der Waals surface area contributed by atoms with Crippen molar-refractivity contribution in [2.75, 3.05) is 6.79 Å². The zero-order valence-electron chi connectivity index (χ0n) is 8.69. The molecule has 6 heteroatoms. The number of hydrogen-bond acceptors (Lipinski definition) is 4. The Morgan fingerprint density at radius 1 is 1.44 bits per heavy atom. The number of benzene rings is 1. The van der Waals surface area contributed by atoms with Gasteiger partial charge in [0.15, 0.2) is 11.5 Å². The monoisotopic (exact) mass is 221 g/mol. The molecule has 0 fully saturated rings. The van der Waals surface area contributed by atoms with E-state index in [9.17, 15) is 4.79 Å². The van der Waals surface area contributed by atoms with E-state index >= 15 is 0 Å². The maximum absolute atomic E-state index is 10.5. The molecule has 1 aromatic carbocycles. The van der Waals surface area contributed by atoms with E-state index in [4.69, 9.17) is 15.2 Å². The Morgan fingerprint density at radius 2 is 2.19 bits per heavy atom. The van der Waals surface area contributed by atoms with E-state index in [1.165, 1.54) is 0 Å². The molecule has 3 N–H and O–H groups in total. The molecular formula is C10H11N3O3. The minimum atomic E-state index is -0.694. The van der Waals surface area contributed by atoms with Gasteiger partial charge >= 0.3 is 6.03 Å². The third-order valence-electron chi connectivity index (χ3n) is 2.12. The largest absolute Gasteiger partial charge is 0.454 e. The predicted molar refractivity (Wildman–Crippen MR) is 57.5 cm³/mol. The first-order chi connectivity index (χ1) is 7.66. The molecular weight excluding hydrogens is 210 g/mol. The van der Waals surface area contributed by atoms with Crippen molar-refractivity contribution >= 4 is 11.7 Å². The van der Waals surface area contributed by atoms with Crippen molar-refractivity contribution in [3.63, 3.8) is 0 Å². The minimum Gasteiger partial charge on any atom is -0.454 e. The van der Waals surface area contributed by atoms with Gasteiger partial charge in [0.05, 0.1) is 5.71 Å². The lowest BCUT2D eigenvalue weighted by Gasteiger charge is -2.02. The lowest BCUT2D eigenvalue weighted by Crippen LogP contribution is -2.25. The molecule has 16 heavy (non-hydrogen) atoms. The Hall–Kier alpha value is -2.24. The Balaban J connectivity index is 2.21. The summed E-state index contributed by atoms with van der Waals surface area (Å²) in [6, 6.07) is 4.72.